The Morgan fingerprint density at radius 1 is 1.33 bits per heavy atom. The molecule has 1 aromatic rings. The van der Waals surface area contributed by atoms with Crippen molar-refractivity contribution in [3.63, 3.8) is 0 Å². The molecule has 4 heteroatoms. The fraction of sp³-hybridized carbons (Fsp3) is 0.500. The second-order valence-corrected chi connectivity index (χ2v) is 5.23. The van der Waals surface area contributed by atoms with Crippen LogP contribution in [0.25, 0.3) is 0 Å². The fourth-order valence-corrected chi connectivity index (χ4v) is 2.00. The summed E-state index contributed by atoms with van der Waals surface area (Å²) in [6.45, 7) is 6.24. The van der Waals surface area contributed by atoms with Gasteiger partial charge in [0.05, 0.1) is 6.61 Å². The third-order valence-electron chi connectivity index (χ3n) is 2.62. The number of hydrogen-bond acceptors (Lipinski definition) is 4. The number of thioether (sulfide) groups is 1. The molecule has 18 heavy (non-hydrogen) atoms. The van der Waals surface area contributed by atoms with E-state index in [1.54, 1.807) is 11.8 Å². The van der Waals surface area contributed by atoms with E-state index < -0.39 is 0 Å². The van der Waals surface area contributed by atoms with Gasteiger partial charge in [0.25, 0.3) is 0 Å². The highest BCUT2D eigenvalue weighted by molar-refractivity contribution is 7.98. The molecule has 0 aliphatic heterocycles. The van der Waals surface area contributed by atoms with Gasteiger partial charge in [-0.3, -0.25) is 0 Å². The minimum absolute atomic E-state index is 0.185. The van der Waals surface area contributed by atoms with Crippen LogP contribution in [-0.2, 0) is 9.53 Å². The van der Waals surface area contributed by atoms with Crippen molar-refractivity contribution >= 4 is 23.4 Å². The molecule has 1 rings (SSSR count). The summed E-state index contributed by atoms with van der Waals surface area (Å²) >= 11 is 1.70. The topological polar surface area (TPSA) is 38.3 Å². The van der Waals surface area contributed by atoms with Gasteiger partial charge in [-0.15, -0.1) is 11.8 Å². The van der Waals surface area contributed by atoms with Gasteiger partial charge in [-0.05, 0) is 43.4 Å². The molecule has 0 aliphatic rings. The zero-order chi connectivity index (χ0) is 13.5. The van der Waals surface area contributed by atoms with Gasteiger partial charge in [0.15, 0.2) is 0 Å². The molecule has 0 spiro atoms. The van der Waals surface area contributed by atoms with Crippen LogP contribution >= 0.6 is 11.8 Å². The molecule has 0 fully saturated rings. The number of rotatable bonds is 6. The first kappa shape index (κ1) is 14.9. The van der Waals surface area contributed by atoms with E-state index in [1.165, 1.54) is 4.90 Å². The molecule has 0 bridgehead atoms. The van der Waals surface area contributed by atoms with Crippen LogP contribution in [0.1, 0.15) is 20.8 Å². The minimum atomic E-state index is -0.301. The van der Waals surface area contributed by atoms with Gasteiger partial charge >= 0.3 is 5.97 Å². The molecule has 1 atom stereocenters. The van der Waals surface area contributed by atoms with E-state index in [9.17, 15) is 4.79 Å². The van der Waals surface area contributed by atoms with Crippen LogP contribution in [0.15, 0.2) is 29.2 Å². The molecule has 3 nitrogen and oxygen atoms in total. The lowest BCUT2D eigenvalue weighted by atomic mass is 10.0. The zero-order valence-electron chi connectivity index (χ0n) is 11.4. The van der Waals surface area contributed by atoms with Crippen LogP contribution in [0, 0.1) is 5.92 Å². The molecule has 0 heterocycles. The Bertz CT molecular complexity index is 376. The first-order chi connectivity index (χ1) is 8.58. The van der Waals surface area contributed by atoms with Gasteiger partial charge in [-0.2, -0.15) is 0 Å². The van der Waals surface area contributed by atoms with Crippen molar-refractivity contribution in [2.24, 2.45) is 5.92 Å². The number of ether oxygens (including phenoxy) is 1. The van der Waals surface area contributed by atoms with Gasteiger partial charge in [-0.25, -0.2) is 4.79 Å². The zero-order valence-corrected chi connectivity index (χ0v) is 12.2. The van der Waals surface area contributed by atoms with Crippen LogP contribution in [0.3, 0.4) is 0 Å². The lowest BCUT2D eigenvalue weighted by Gasteiger charge is -2.21. The third-order valence-corrected chi connectivity index (χ3v) is 3.36. The van der Waals surface area contributed by atoms with E-state index in [0.717, 1.165) is 5.69 Å². The number of hydrogen-bond donors (Lipinski definition) is 1. The fourth-order valence-electron chi connectivity index (χ4n) is 1.60. The molecular weight excluding hydrogens is 246 g/mol. The summed E-state index contributed by atoms with van der Waals surface area (Å²) < 4.78 is 5.08. The van der Waals surface area contributed by atoms with E-state index in [0.29, 0.717) is 6.61 Å². The van der Waals surface area contributed by atoms with Crippen LogP contribution in [0.5, 0.6) is 0 Å². The molecule has 1 unspecified atom stereocenters. The second-order valence-electron chi connectivity index (χ2n) is 4.35. The molecule has 0 aromatic heterocycles. The van der Waals surface area contributed by atoms with Gasteiger partial charge in [0, 0.05) is 10.6 Å². The Morgan fingerprint density at radius 3 is 2.39 bits per heavy atom. The van der Waals surface area contributed by atoms with Gasteiger partial charge in [-0.1, -0.05) is 13.8 Å². The van der Waals surface area contributed by atoms with Gasteiger partial charge in [0.1, 0.15) is 6.04 Å². The highest BCUT2D eigenvalue weighted by Crippen LogP contribution is 2.19. The lowest BCUT2D eigenvalue weighted by molar-refractivity contribution is -0.145. The molecule has 0 saturated heterocycles. The maximum atomic E-state index is 11.8. The molecule has 0 radical (unpaired) electrons. The Kier molecular flexibility index (Phi) is 6.05. The monoisotopic (exact) mass is 267 g/mol. The number of esters is 1. The predicted octanol–water partition coefficient (Wildman–Crippen LogP) is 3.41. The predicted molar refractivity (Wildman–Crippen MR) is 77.1 cm³/mol. The lowest BCUT2D eigenvalue weighted by Crippen LogP contribution is -2.36. The Labute approximate surface area is 113 Å². The normalized spacial score (nSPS) is 12.3. The molecule has 0 amide bonds. The number of carbonyl (C=O) groups is 1. The van der Waals surface area contributed by atoms with E-state index in [-0.39, 0.29) is 17.9 Å². The summed E-state index contributed by atoms with van der Waals surface area (Å²) in [4.78, 5) is 13.0. The quantitative estimate of drug-likeness (QED) is 0.633. The van der Waals surface area contributed by atoms with Crippen LogP contribution in [-0.4, -0.2) is 24.9 Å². The van der Waals surface area contributed by atoms with E-state index >= 15 is 0 Å². The number of nitrogens with one attached hydrogen (secondary N) is 1. The number of carbonyl (C=O) groups excluding carboxylic acids is 1. The summed E-state index contributed by atoms with van der Waals surface area (Å²) in [5.41, 5.74) is 0.944. The highest BCUT2D eigenvalue weighted by atomic mass is 32.2. The van der Waals surface area contributed by atoms with Crippen LogP contribution in [0.4, 0.5) is 5.69 Å². The summed E-state index contributed by atoms with van der Waals surface area (Å²) in [6, 6.07) is 7.75. The maximum absolute atomic E-state index is 11.8. The van der Waals surface area contributed by atoms with Crippen molar-refractivity contribution < 1.29 is 9.53 Å². The van der Waals surface area contributed by atoms with E-state index in [1.807, 2.05) is 51.3 Å². The second kappa shape index (κ2) is 7.31. The number of benzene rings is 1. The highest BCUT2D eigenvalue weighted by Gasteiger charge is 2.23. The molecule has 100 valence electrons. The summed E-state index contributed by atoms with van der Waals surface area (Å²) in [5, 5.41) is 3.23. The maximum Gasteiger partial charge on any atom is 0.328 e. The van der Waals surface area contributed by atoms with E-state index in [4.69, 9.17) is 4.74 Å². The number of anilines is 1. The molecule has 1 N–H and O–H groups in total. The standard InChI is InChI=1S/C14H21NO2S/c1-5-17-14(16)13(10(2)3)15-11-6-8-12(18-4)9-7-11/h6-10,13,15H,5H2,1-4H3. The molecule has 1 aromatic carbocycles. The summed E-state index contributed by atoms with van der Waals surface area (Å²) in [5.74, 6) is -0.00859. The molecular formula is C14H21NO2S. The van der Waals surface area contributed by atoms with Crippen molar-refractivity contribution in [3.05, 3.63) is 24.3 Å². The third kappa shape index (κ3) is 4.26. The average Bonchev–Trinajstić information content (AvgIpc) is 2.36. The SMILES string of the molecule is CCOC(=O)C(Nc1ccc(SC)cc1)C(C)C. The van der Waals surface area contributed by atoms with Crippen molar-refractivity contribution in [3.8, 4) is 0 Å². The van der Waals surface area contributed by atoms with Gasteiger partial charge in [0.2, 0.25) is 0 Å². The van der Waals surface area contributed by atoms with E-state index in [2.05, 4.69) is 5.32 Å². The first-order valence-corrected chi connectivity index (χ1v) is 7.38. The average molecular weight is 267 g/mol. The van der Waals surface area contributed by atoms with Gasteiger partial charge < -0.3 is 10.1 Å². The van der Waals surface area contributed by atoms with Crippen molar-refractivity contribution in [1.29, 1.82) is 0 Å². The molecule has 0 saturated carbocycles. The van der Waals surface area contributed by atoms with Crippen molar-refractivity contribution in [1.82, 2.24) is 0 Å². The Morgan fingerprint density at radius 2 is 1.94 bits per heavy atom. The molecule has 0 aliphatic carbocycles. The largest absolute Gasteiger partial charge is 0.464 e. The smallest absolute Gasteiger partial charge is 0.328 e. The van der Waals surface area contributed by atoms with Crippen LogP contribution in [0.2, 0.25) is 0 Å². The summed E-state index contributed by atoms with van der Waals surface area (Å²) in [6.07, 6.45) is 2.04. The van der Waals surface area contributed by atoms with Crippen molar-refractivity contribution in [2.45, 2.75) is 31.7 Å². The Hall–Kier alpha value is -1.16. The minimum Gasteiger partial charge on any atom is -0.464 e. The first-order valence-electron chi connectivity index (χ1n) is 6.15. The Balaban J connectivity index is 2.73. The summed E-state index contributed by atoms with van der Waals surface area (Å²) in [7, 11) is 0. The van der Waals surface area contributed by atoms with Crippen molar-refractivity contribution in [2.75, 3.05) is 18.2 Å². The van der Waals surface area contributed by atoms with Crippen LogP contribution < -0.4 is 5.32 Å².